The van der Waals surface area contributed by atoms with Crippen molar-refractivity contribution in [3.8, 4) is 5.75 Å². The molecule has 166 valence electrons. The Kier molecular flexibility index (Phi) is 5.51. The third kappa shape index (κ3) is 3.70. The molecule has 1 aliphatic carbocycles. The van der Waals surface area contributed by atoms with Crippen LogP contribution >= 0.6 is 0 Å². The van der Waals surface area contributed by atoms with E-state index in [-0.39, 0.29) is 6.61 Å². The first-order valence-corrected chi connectivity index (χ1v) is 11.2. The molecule has 8 heteroatoms. The summed E-state index contributed by atoms with van der Waals surface area (Å²) >= 11 is 0. The van der Waals surface area contributed by atoms with Gasteiger partial charge in [0.05, 0.1) is 18.7 Å². The molecule has 4 aromatic rings. The van der Waals surface area contributed by atoms with Crippen molar-refractivity contribution in [1.82, 2.24) is 24.1 Å². The van der Waals surface area contributed by atoms with Crippen molar-refractivity contribution < 1.29 is 9.57 Å². The van der Waals surface area contributed by atoms with E-state index < -0.39 is 0 Å². The molecule has 0 atom stereocenters. The quantitative estimate of drug-likeness (QED) is 0.324. The molecule has 32 heavy (non-hydrogen) atoms. The van der Waals surface area contributed by atoms with Crippen molar-refractivity contribution >= 4 is 22.9 Å². The molecule has 0 saturated heterocycles. The second-order valence-corrected chi connectivity index (χ2v) is 8.39. The van der Waals surface area contributed by atoms with Gasteiger partial charge in [0, 0.05) is 11.7 Å². The van der Waals surface area contributed by atoms with E-state index in [9.17, 15) is 0 Å². The fourth-order valence-electron chi connectivity index (χ4n) is 4.66. The summed E-state index contributed by atoms with van der Waals surface area (Å²) in [5.41, 5.74) is 5.26. The lowest BCUT2D eigenvalue weighted by Gasteiger charge is -2.25. The predicted octanol–water partition coefficient (Wildman–Crippen LogP) is 4.76. The number of ether oxygens (including phenoxy) is 1. The van der Waals surface area contributed by atoms with Gasteiger partial charge in [0.1, 0.15) is 17.7 Å². The molecule has 5 rings (SSSR count). The minimum atomic E-state index is 0.192. The van der Waals surface area contributed by atoms with Crippen LogP contribution in [0.25, 0.3) is 16.7 Å². The van der Waals surface area contributed by atoms with Crippen LogP contribution in [0.5, 0.6) is 5.75 Å². The van der Waals surface area contributed by atoms with Crippen LogP contribution in [-0.2, 0) is 11.4 Å². The van der Waals surface area contributed by atoms with Crippen LogP contribution in [0.4, 0.5) is 0 Å². The van der Waals surface area contributed by atoms with Gasteiger partial charge in [0.15, 0.2) is 18.1 Å². The van der Waals surface area contributed by atoms with Gasteiger partial charge in [-0.25, -0.2) is 14.5 Å². The number of methoxy groups -OCH3 is 1. The van der Waals surface area contributed by atoms with Gasteiger partial charge in [-0.1, -0.05) is 24.4 Å². The maximum absolute atomic E-state index is 5.45. The van der Waals surface area contributed by atoms with Crippen LogP contribution in [0.15, 0.2) is 35.7 Å². The second kappa shape index (κ2) is 8.61. The molecule has 0 unspecified atom stereocenters. The molecule has 0 aliphatic heterocycles. The minimum absolute atomic E-state index is 0.192. The van der Waals surface area contributed by atoms with E-state index in [4.69, 9.17) is 19.5 Å². The predicted molar refractivity (Wildman–Crippen MR) is 123 cm³/mol. The highest BCUT2D eigenvalue weighted by atomic mass is 16.6. The number of aryl methyl sites for hydroxylation is 1. The summed E-state index contributed by atoms with van der Waals surface area (Å²) < 4.78 is 9.33. The summed E-state index contributed by atoms with van der Waals surface area (Å²) in [6.45, 7) is 4.54. The number of oxime groups is 1. The lowest BCUT2D eigenvalue weighted by molar-refractivity contribution is 0.126. The van der Waals surface area contributed by atoms with Gasteiger partial charge in [-0.3, -0.25) is 0 Å². The Hall–Kier alpha value is -3.42. The highest BCUT2D eigenvalue weighted by molar-refractivity contribution is 5.94. The zero-order valence-electron chi connectivity index (χ0n) is 18.8. The van der Waals surface area contributed by atoms with Crippen LogP contribution in [0.1, 0.15) is 60.8 Å². The fourth-order valence-corrected chi connectivity index (χ4v) is 4.66. The first kappa shape index (κ1) is 20.5. The average molecular weight is 433 g/mol. The zero-order valence-corrected chi connectivity index (χ0v) is 18.8. The summed E-state index contributed by atoms with van der Waals surface area (Å²) in [5, 5.41) is 9.67. The molecule has 0 radical (unpaired) electrons. The van der Waals surface area contributed by atoms with Crippen LogP contribution in [-0.4, -0.2) is 37.5 Å². The molecule has 8 nitrogen and oxygen atoms in total. The van der Waals surface area contributed by atoms with E-state index >= 15 is 0 Å². The molecule has 3 aromatic heterocycles. The van der Waals surface area contributed by atoms with Gasteiger partial charge in [0.2, 0.25) is 0 Å². The Labute approximate surface area is 186 Å². The highest BCUT2D eigenvalue weighted by Crippen LogP contribution is 2.35. The summed E-state index contributed by atoms with van der Waals surface area (Å²) in [5.74, 6) is 1.38. The van der Waals surface area contributed by atoms with Crippen LogP contribution in [0.3, 0.4) is 0 Å². The van der Waals surface area contributed by atoms with Crippen LogP contribution in [0, 0.1) is 13.8 Å². The van der Waals surface area contributed by atoms with Crippen molar-refractivity contribution in [3.63, 3.8) is 0 Å². The van der Waals surface area contributed by atoms with E-state index in [2.05, 4.69) is 28.7 Å². The number of rotatable bonds is 6. The maximum Gasteiger partial charge on any atom is 0.192 e. The topological polar surface area (TPSA) is 78.8 Å². The van der Waals surface area contributed by atoms with Gasteiger partial charge in [-0.2, -0.15) is 0 Å². The number of nitrogens with zero attached hydrogens (tertiary/aromatic N) is 6. The van der Waals surface area contributed by atoms with Gasteiger partial charge < -0.3 is 14.1 Å². The first-order chi connectivity index (χ1) is 15.7. The molecule has 1 saturated carbocycles. The maximum atomic E-state index is 5.45. The van der Waals surface area contributed by atoms with E-state index in [1.54, 1.807) is 24.2 Å². The van der Waals surface area contributed by atoms with Crippen molar-refractivity contribution in [3.05, 3.63) is 53.2 Å². The number of fused-ring (bicyclic) bond motifs is 3. The number of aromatic nitrogens is 5. The Morgan fingerprint density at radius 1 is 1.09 bits per heavy atom. The Morgan fingerprint density at radius 2 is 1.88 bits per heavy atom. The third-order valence-corrected chi connectivity index (χ3v) is 6.44. The lowest BCUT2D eigenvalue weighted by atomic mass is 9.95. The molecule has 1 fully saturated rings. The number of benzene rings is 1. The Morgan fingerprint density at radius 3 is 2.62 bits per heavy atom. The third-order valence-electron chi connectivity index (χ3n) is 6.44. The normalized spacial score (nSPS) is 15.2. The van der Waals surface area contributed by atoms with Crippen LogP contribution < -0.4 is 4.74 Å². The largest absolute Gasteiger partial charge is 0.497 e. The fraction of sp³-hybridized carbons (Fsp3) is 0.417. The standard InChI is InChI=1S/C24H28N6O2/c1-16-17(2)30(19-7-5-4-6-8-19)23-22(16)24-27-21(28-29(24)15-25-23)14-32-26-13-18-9-11-20(31-3)12-10-18/h9-13,15,19H,4-8,14H2,1-3H3. The van der Waals surface area contributed by atoms with E-state index in [1.807, 2.05) is 24.3 Å². The molecule has 1 aromatic carbocycles. The summed E-state index contributed by atoms with van der Waals surface area (Å²) in [7, 11) is 1.64. The van der Waals surface area contributed by atoms with Gasteiger partial charge in [0.25, 0.3) is 0 Å². The summed E-state index contributed by atoms with van der Waals surface area (Å²) in [4.78, 5) is 15.0. The van der Waals surface area contributed by atoms with Crippen molar-refractivity contribution in [2.45, 2.75) is 58.6 Å². The van der Waals surface area contributed by atoms with Crippen LogP contribution in [0.2, 0.25) is 0 Å². The van der Waals surface area contributed by atoms with Gasteiger partial charge in [-0.15, -0.1) is 5.10 Å². The van der Waals surface area contributed by atoms with Crippen molar-refractivity contribution in [2.75, 3.05) is 7.11 Å². The first-order valence-electron chi connectivity index (χ1n) is 11.2. The summed E-state index contributed by atoms with van der Waals surface area (Å²) in [6, 6.07) is 8.12. The molecular formula is C24H28N6O2. The molecule has 3 heterocycles. The van der Waals surface area contributed by atoms with Gasteiger partial charge >= 0.3 is 0 Å². The average Bonchev–Trinajstić information content (AvgIpc) is 3.36. The zero-order chi connectivity index (χ0) is 22.1. The number of hydrogen-bond acceptors (Lipinski definition) is 6. The monoisotopic (exact) mass is 432 g/mol. The highest BCUT2D eigenvalue weighted by Gasteiger charge is 2.24. The van der Waals surface area contributed by atoms with Gasteiger partial charge in [-0.05, 0) is 62.1 Å². The molecule has 1 aliphatic rings. The van der Waals surface area contributed by atoms with E-state index in [0.29, 0.717) is 11.9 Å². The molecule has 0 amide bonds. The smallest absolute Gasteiger partial charge is 0.192 e. The molecule has 0 N–H and O–H groups in total. The Bertz CT molecular complexity index is 1270. The minimum Gasteiger partial charge on any atom is -0.497 e. The van der Waals surface area contributed by atoms with E-state index in [1.165, 1.54) is 43.4 Å². The second-order valence-electron chi connectivity index (χ2n) is 8.39. The number of hydrogen-bond donors (Lipinski definition) is 0. The van der Waals surface area contributed by atoms with Crippen molar-refractivity contribution in [1.29, 1.82) is 0 Å². The SMILES string of the molecule is COc1ccc(C=NOCc2nc3c4c(C)c(C)n(C5CCCCC5)c4ncn3n2)cc1. The Balaban J connectivity index is 1.38. The van der Waals surface area contributed by atoms with E-state index in [0.717, 1.165) is 28.0 Å². The molecule has 0 bridgehead atoms. The molecule has 0 spiro atoms. The van der Waals surface area contributed by atoms with Crippen molar-refractivity contribution in [2.24, 2.45) is 5.16 Å². The summed E-state index contributed by atoms with van der Waals surface area (Å²) in [6.07, 6.45) is 9.76. The lowest BCUT2D eigenvalue weighted by Crippen LogP contribution is -2.14. The molecular weight excluding hydrogens is 404 g/mol.